The van der Waals surface area contributed by atoms with Crippen molar-refractivity contribution in [3.05, 3.63) is 84.5 Å². The second kappa shape index (κ2) is 12.8. The third-order valence-electron chi connectivity index (χ3n) is 9.36. The summed E-state index contributed by atoms with van der Waals surface area (Å²) in [5, 5.41) is 10.5. The van der Waals surface area contributed by atoms with Gasteiger partial charge in [0, 0.05) is 30.6 Å². The van der Waals surface area contributed by atoms with Crippen LogP contribution in [-0.2, 0) is 14.4 Å². The Bertz CT molecular complexity index is 1430. The lowest BCUT2D eigenvalue weighted by molar-refractivity contribution is -0.145. The Hall–Kier alpha value is -3.56. The summed E-state index contributed by atoms with van der Waals surface area (Å²) in [5.74, 6) is -1.17. The summed E-state index contributed by atoms with van der Waals surface area (Å²) >= 11 is 1.57. The fraction of sp³-hybridized carbons (Fsp3) is 0.457. The first-order valence-electron chi connectivity index (χ1n) is 15.8. The number of unbranched alkanes of at least 4 members (excludes halogenated alkanes) is 2. The molecule has 44 heavy (non-hydrogen) atoms. The summed E-state index contributed by atoms with van der Waals surface area (Å²) in [4.78, 5) is 49.1. The smallest absolute Gasteiger partial charge is 0.247 e. The zero-order valence-electron chi connectivity index (χ0n) is 25.4. The van der Waals surface area contributed by atoms with Crippen LogP contribution in [0.15, 0.2) is 78.9 Å². The van der Waals surface area contributed by atoms with Crippen LogP contribution in [0, 0.1) is 11.8 Å². The monoisotopic (exact) mass is 615 g/mol. The van der Waals surface area contributed by atoms with E-state index < -0.39 is 28.7 Å². The molecule has 3 amide bonds. The number of carbonyl (C=O) groups is 3. The van der Waals surface area contributed by atoms with E-state index in [4.69, 9.17) is 4.74 Å². The molecule has 6 rings (SSSR count). The predicted molar refractivity (Wildman–Crippen MR) is 172 cm³/mol. The maximum atomic E-state index is 14.8. The Kier molecular flexibility index (Phi) is 8.87. The Morgan fingerprint density at radius 2 is 1.73 bits per heavy atom. The molecule has 2 aromatic carbocycles. The minimum absolute atomic E-state index is 0.111. The van der Waals surface area contributed by atoms with Crippen LogP contribution in [0.3, 0.4) is 0 Å². The molecule has 0 radical (unpaired) electrons. The van der Waals surface area contributed by atoms with Gasteiger partial charge in [-0.2, -0.15) is 0 Å². The average Bonchev–Trinajstić information content (AvgIpc) is 3.35. The zero-order chi connectivity index (χ0) is 30.8. The lowest BCUT2D eigenvalue weighted by Gasteiger charge is -2.38. The van der Waals surface area contributed by atoms with Crippen LogP contribution in [0.2, 0.25) is 0 Å². The van der Waals surface area contributed by atoms with E-state index in [9.17, 15) is 19.5 Å². The number of benzene rings is 2. The molecule has 6 atom stereocenters. The molecule has 2 fully saturated rings. The summed E-state index contributed by atoms with van der Waals surface area (Å²) in [6, 6.07) is 15.3. The van der Waals surface area contributed by atoms with Gasteiger partial charge in [-0.05, 0) is 43.2 Å². The third kappa shape index (κ3) is 5.13. The Morgan fingerprint density at radius 3 is 2.43 bits per heavy atom. The van der Waals surface area contributed by atoms with Crippen molar-refractivity contribution in [2.75, 3.05) is 37.7 Å². The summed E-state index contributed by atoms with van der Waals surface area (Å²) in [5.41, 5.74) is 1.50. The summed E-state index contributed by atoms with van der Waals surface area (Å²) < 4.78 is 4.67. The molecular weight excluding hydrogens is 574 g/mol. The van der Waals surface area contributed by atoms with Crippen LogP contribution in [0.5, 0.6) is 5.75 Å². The minimum atomic E-state index is -0.937. The molecule has 1 spiro atoms. The van der Waals surface area contributed by atoms with Gasteiger partial charge in [0.2, 0.25) is 17.7 Å². The predicted octanol–water partition coefficient (Wildman–Crippen LogP) is 4.61. The van der Waals surface area contributed by atoms with Crippen molar-refractivity contribution in [1.29, 1.82) is 0 Å². The van der Waals surface area contributed by atoms with E-state index in [0.29, 0.717) is 26.2 Å². The zero-order valence-corrected chi connectivity index (χ0v) is 26.2. The first-order valence-corrected chi connectivity index (χ1v) is 16.7. The number of hydrogen-bond acceptors (Lipinski definition) is 6. The summed E-state index contributed by atoms with van der Waals surface area (Å²) in [6.45, 7) is 5.74. The number of amides is 3. The molecule has 1 unspecified atom stereocenters. The molecule has 4 aliphatic heterocycles. The van der Waals surface area contributed by atoms with Gasteiger partial charge in [0.05, 0.1) is 35.8 Å². The van der Waals surface area contributed by atoms with Crippen molar-refractivity contribution in [2.24, 2.45) is 11.8 Å². The van der Waals surface area contributed by atoms with Crippen molar-refractivity contribution >= 4 is 35.2 Å². The van der Waals surface area contributed by atoms with Crippen LogP contribution >= 0.6 is 11.8 Å². The molecule has 0 aliphatic carbocycles. The first kappa shape index (κ1) is 30.5. The number of anilines is 1. The molecule has 2 aromatic rings. The van der Waals surface area contributed by atoms with E-state index in [-0.39, 0.29) is 29.6 Å². The number of thioether (sulfide) groups is 1. The number of nitrogens with zero attached hydrogens (tertiary/aromatic N) is 3. The highest BCUT2D eigenvalue weighted by atomic mass is 32.2. The van der Waals surface area contributed by atoms with Gasteiger partial charge in [-0.15, -0.1) is 11.8 Å². The van der Waals surface area contributed by atoms with Crippen molar-refractivity contribution in [2.45, 2.75) is 55.2 Å². The topological polar surface area (TPSA) is 90.4 Å². The van der Waals surface area contributed by atoms with Crippen molar-refractivity contribution in [1.82, 2.24) is 9.80 Å². The number of aliphatic hydroxyl groups excluding tert-OH is 1. The molecule has 9 heteroatoms. The van der Waals surface area contributed by atoms with Gasteiger partial charge in [0.1, 0.15) is 11.8 Å². The van der Waals surface area contributed by atoms with E-state index in [2.05, 4.69) is 6.92 Å². The molecule has 0 bridgehead atoms. The number of rotatable bonds is 10. The fourth-order valence-electron chi connectivity index (χ4n) is 7.36. The lowest BCUT2D eigenvalue weighted by atomic mass is 9.78. The van der Waals surface area contributed by atoms with Gasteiger partial charge in [-0.3, -0.25) is 14.4 Å². The number of likely N-dealkylation sites (tertiary alicyclic amines) is 1. The number of fused-ring (bicyclic) bond motifs is 2. The van der Waals surface area contributed by atoms with Crippen molar-refractivity contribution < 1.29 is 24.2 Å². The number of hydrogen-bond donors (Lipinski definition) is 1. The van der Waals surface area contributed by atoms with Gasteiger partial charge >= 0.3 is 0 Å². The molecule has 4 heterocycles. The molecule has 232 valence electrons. The van der Waals surface area contributed by atoms with Crippen LogP contribution in [0.1, 0.15) is 44.7 Å². The standard InChI is InChI=1S/C35H41N3O5S/c1-3-5-9-20-36-21-11-19-35-30(33(41)38(31(35)34(36)42)27(23-39)24-12-7-6-8-13-24)29-28(44-35)14-10-22-37(32(29)40)25-15-17-26(18-16-25)43-4-2/h6-8,10-19,27-31,39H,3-5,9,20-23H2,1-2H3/t27-,28-,29+,30+,31?,35+/m1/s1. The van der Waals surface area contributed by atoms with Gasteiger partial charge in [-0.25, -0.2) is 0 Å². The molecule has 2 saturated heterocycles. The van der Waals surface area contributed by atoms with Gasteiger partial charge < -0.3 is 24.5 Å². The van der Waals surface area contributed by atoms with Crippen LogP contribution in [-0.4, -0.2) is 81.5 Å². The first-order chi connectivity index (χ1) is 21.4. The quantitative estimate of drug-likeness (QED) is 0.310. The highest BCUT2D eigenvalue weighted by Crippen LogP contribution is 2.62. The molecule has 0 aromatic heterocycles. The number of ether oxygens (including phenoxy) is 1. The summed E-state index contributed by atoms with van der Waals surface area (Å²) in [6.07, 6.45) is 11.0. The van der Waals surface area contributed by atoms with Gasteiger partial charge in [0.15, 0.2) is 0 Å². The number of carbonyl (C=O) groups excluding carboxylic acids is 3. The molecule has 1 N–H and O–H groups in total. The second-order valence-corrected chi connectivity index (χ2v) is 13.4. The van der Waals surface area contributed by atoms with Crippen molar-refractivity contribution in [3.63, 3.8) is 0 Å². The second-order valence-electron chi connectivity index (χ2n) is 11.9. The molecule has 0 saturated carbocycles. The Labute approximate surface area is 263 Å². The lowest BCUT2D eigenvalue weighted by Crippen LogP contribution is -2.54. The molecular formula is C35H41N3O5S. The molecule has 4 aliphatic rings. The average molecular weight is 616 g/mol. The SMILES string of the molecule is CCCCCN1CC=C[C@]23S[C@@H]4C=CCN(c5ccc(OCC)cc5)C(=O)[C@@H]4[C@H]2C(=O)N([C@H](CO)c2ccccc2)C3C1=O. The van der Waals surface area contributed by atoms with E-state index in [1.807, 2.05) is 90.7 Å². The maximum Gasteiger partial charge on any atom is 0.247 e. The highest BCUT2D eigenvalue weighted by molar-refractivity contribution is 8.02. The van der Waals surface area contributed by atoms with E-state index in [1.54, 1.807) is 21.6 Å². The van der Waals surface area contributed by atoms with E-state index in [0.717, 1.165) is 36.3 Å². The largest absolute Gasteiger partial charge is 0.494 e. The molecule has 8 nitrogen and oxygen atoms in total. The Balaban J connectivity index is 1.42. The normalized spacial score (nSPS) is 28.4. The maximum absolute atomic E-state index is 14.8. The van der Waals surface area contributed by atoms with Crippen molar-refractivity contribution in [3.8, 4) is 5.75 Å². The van der Waals surface area contributed by atoms with E-state index >= 15 is 0 Å². The van der Waals surface area contributed by atoms with Crippen LogP contribution in [0.25, 0.3) is 0 Å². The van der Waals surface area contributed by atoms with Crippen LogP contribution in [0.4, 0.5) is 5.69 Å². The van der Waals surface area contributed by atoms with Crippen LogP contribution < -0.4 is 9.64 Å². The number of aliphatic hydroxyl groups is 1. The minimum Gasteiger partial charge on any atom is -0.494 e. The fourth-order valence-corrected chi connectivity index (χ4v) is 9.36. The third-order valence-corrected chi connectivity index (χ3v) is 11.1. The highest BCUT2D eigenvalue weighted by Gasteiger charge is 2.71. The van der Waals surface area contributed by atoms with Gasteiger partial charge in [-0.1, -0.05) is 74.4 Å². The Morgan fingerprint density at radius 1 is 0.955 bits per heavy atom. The summed E-state index contributed by atoms with van der Waals surface area (Å²) in [7, 11) is 0. The van der Waals surface area contributed by atoms with Gasteiger partial charge in [0.25, 0.3) is 0 Å². The van der Waals surface area contributed by atoms with E-state index in [1.165, 1.54) is 0 Å².